The van der Waals surface area contributed by atoms with Crippen LogP contribution in [0.1, 0.15) is 39.6 Å². The van der Waals surface area contributed by atoms with Crippen LogP contribution in [0.15, 0.2) is 18.2 Å². The van der Waals surface area contributed by atoms with E-state index in [1.54, 1.807) is 14.5 Å². The number of benzene rings is 1. The van der Waals surface area contributed by atoms with Crippen molar-refractivity contribution >= 4 is 35.0 Å². The van der Waals surface area contributed by atoms with Gasteiger partial charge in [0, 0.05) is 74.3 Å². The number of hydrogen-bond donors (Lipinski definition) is 1. The summed E-state index contributed by atoms with van der Waals surface area (Å²) in [5.41, 5.74) is 4.70. The number of piperazine rings is 2. The van der Waals surface area contributed by atoms with Crippen molar-refractivity contribution < 1.29 is 19.5 Å². The van der Waals surface area contributed by atoms with E-state index >= 15 is 0 Å². The average Bonchev–Trinajstić information content (AvgIpc) is 3.47. The van der Waals surface area contributed by atoms with E-state index in [1.807, 2.05) is 24.0 Å². The Morgan fingerprint density at radius 2 is 1.63 bits per heavy atom. The lowest BCUT2D eigenvalue weighted by molar-refractivity contribution is -0.135. The summed E-state index contributed by atoms with van der Waals surface area (Å²) < 4.78 is 1.77. The molecule has 1 aromatic heterocycles. The lowest BCUT2D eigenvalue weighted by Crippen LogP contribution is -2.51. The highest BCUT2D eigenvalue weighted by Crippen LogP contribution is 2.57. The number of amides is 3. The topological polar surface area (TPSA) is 102 Å². The van der Waals surface area contributed by atoms with Gasteiger partial charge in [-0.2, -0.15) is 5.10 Å². The number of anilines is 1. The third kappa shape index (κ3) is 4.43. The lowest BCUT2D eigenvalue weighted by atomic mass is 10.1. The van der Waals surface area contributed by atoms with Crippen LogP contribution in [0.3, 0.4) is 0 Å². The second-order valence-corrected chi connectivity index (χ2v) is 11.2. The van der Waals surface area contributed by atoms with Crippen LogP contribution in [-0.4, -0.2) is 106 Å². The van der Waals surface area contributed by atoms with Crippen LogP contribution >= 0.6 is 11.6 Å². The fourth-order valence-corrected chi connectivity index (χ4v) is 6.42. The van der Waals surface area contributed by atoms with Gasteiger partial charge < -0.3 is 24.7 Å². The van der Waals surface area contributed by atoms with Gasteiger partial charge in [0.05, 0.1) is 0 Å². The minimum Gasteiger partial charge on any atom is -0.387 e. The van der Waals surface area contributed by atoms with Crippen molar-refractivity contribution in [3.05, 3.63) is 45.7 Å². The first-order chi connectivity index (χ1) is 18.4. The van der Waals surface area contributed by atoms with Gasteiger partial charge in [0.2, 0.25) is 11.8 Å². The maximum Gasteiger partial charge on any atom is 0.274 e. The summed E-state index contributed by atoms with van der Waals surface area (Å²) in [5, 5.41) is 14.6. The number of carbonyl (C=O) groups excluding carboxylic acids is 3. The molecule has 1 saturated carbocycles. The average molecular weight is 541 g/mol. The molecule has 1 N–H and O–H groups in total. The number of rotatable bonds is 5. The van der Waals surface area contributed by atoms with Gasteiger partial charge in [-0.05, 0) is 49.3 Å². The highest BCUT2D eigenvalue weighted by atomic mass is 35.5. The quantitative estimate of drug-likeness (QED) is 0.610. The molecule has 3 heterocycles. The fourth-order valence-electron chi connectivity index (χ4n) is 6.25. The van der Waals surface area contributed by atoms with E-state index in [-0.39, 0.29) is 24.3 Å². The Morgan fingerprint density at radius 1 is 0.974 bits per heavy atom. The van der Waals surface area contributed by atoms with Crippen molar-refractivity contribution in [3.8, 4) is 0 Å². The number of fused-ring (bicyclic) bond motifs is 3. The molecule has 2 aromatic rings. The first-order valence-corrected chi connectivity index (χ1v) is 13.8. The minimum absolute atomic E-state index is 0.0217. The third-order valence-electron chi connectivity index (χ3n) is 8.60. The van der Waals surface area contributed by atoms with Crippen LogP contribution in [0.25, 0.3) is 0 Å². The van der Waals surface area contributed by atoms with Gasteiger partial charge in [-0.3, -0.25) is 19.1 Å². The molecule has 4 aliphatic rings. The van der Waals surface area contributed by atoms with Crippen molar-refractivity contribution in [2.24, 2.45) is 5.92 Å². The zero-order valence-corrected chi connectivity index (χ0v) is 22.4. The second kappa shape index (κ2) is 9.89. The summed E-state index contributed by atoms with van der Waals surface area (Å²) in [5.74, 6) is 0.508. The van der Waals surface area contributed by atoms with Crippen molar-refractivity contribution in [2.75, 3.05) is 63.9 Å². The minimum atomic E-state index is -0.516. The van der Waals surface area contributed by atoms with Gasteiger partial charge in [-0.1, -0.05) is 17.7 Å². The summed E-state index contributed by atoms with van der Waals surface area (Å²) >= 11 is 6.31. The zero-order valence-electron chi connectivity index (χ0n) is 21.6. The SMILES string of the molecule is Cc1c(Cl)cccc1N1CCN(C(=O)Cn2nc(C(=O)N3CCN(C(=O)CO)CC3)c3c2C[C@H]2C[C@@H]32)CC1. The predicted octanol–water partition coefficient (Wildman–Crippen LogP) is 1.13. The Balaban J connectivity index is 1.12. The highest BCUT2D eigenvalue weighted by molar-refractivity contribution is 6.31. The van der Waals surface area contributed by atoms with Gasteiger partial charge in [0.25, 0.3) is 5.91 Å². The molecule has 0 spiro atoms. The number of aliphatic hydroxyl groups excluding tert-OH is 1. The summed E-state index contributed by atoms with van der Waals surface area (Å²) in [7, 11) is 0. The zero-order chi connectivity index (χ0) is 26.6. The molecule has 2 saturated heterocycles. The molecule has 0 unspecified atom stereocenters. The van der Waals surface area contributed by atoms with Crippen molar-refractivity contribution in [3.63, 3.8) is 0 Å². The summed E-state index contributed by atoms with van der Waals surface area (Å²) in [6.45, 7) is 6.01. The van der Waals surface area contributed by atoms with Gasteiger partial charge in [0.1, 0.15) is 13.2 Å². The van der Waals surface area contributed by atoms with E-state index in [9.17, 15) is 14.4 Å². The van der Waals surface area contributed by atoms with E-state index in [2.05, 4.69) is 11.0 Å². The first-order valence-electron chi connectivity index (χ1n) is 13.4. The summed E-state index contributed by atoms with van der Waals surface area (Å²) in [6.07, 6.45) is 1.95. The number of aliphatic hydroxyl groups is 1. The smallest absolute Gasteiger partial charge is 0.274 e. The van der Waals surface area contributed by atoms with E-state index in [0.717, 1.165) is 53.5 Å². The molecule has 3 amide bonds. The van der Waals surface area contributed by atoms with Crippen LogP contribution in [0.4, 0.5) is 5.69 Å². The van der Waals surface area contributed by atoms with E-state index in [1.165, 1.54) is 0 Å². The Bertz CT molecular complexity index is 1280. The van der Waals surface area contributed by atoms with Gasteiger partial charge in [-0.25, -0.2) is 0 Å². The largest absolute Gasteiger partial charge is 0.387 e. The predicted molar refractivity (Wildman–Crippen MR) is 141 cm³/mol. The monoisotopic (exact) mass is 540 g/mol. The fraction of sp³-hybridized carbons (Fsp3) is 0.556. The summed E-state index contributed by atoms with van der Waals surface area (Å²) in [6, 6.07) is 5.92. The number of nitrogens with zero attached hydrogens (tertiary/aromatic N) is 6. The van der Waals surface area contributed by atoms with Crippen LogP contribution < -0.4 is 4.90 Å². The van der Waals surface area contributed by atoms with Crippen LogP contribution in [-0.2, 0) is 22.6 Å². The lowest BCUT2D eigenvalue weighted by Gasteiger charge is -2.37. The van der Waals surface area contributed by atoms with Crippen molar-refractivity contribution in [2.45, 2.75) is 32.2 Å². The summed E-state index contributed by atoms with van der Waals surface area (Å²) in [4.78, 5) is 46.0. The molecule has 2 aliphatic heterocycles. The molecule has 0 bridgehead atoms. The Kier molecular flexibility index (Phi) is 6.55. The van der Waals surface area contributed by atoms with Crippen LogP contribution in [0, 0.1) is 12.8 Å². The molecular weight excluding hydrogens is 508 g/mol. The maximum absolute atomic E-state index is 13.5. The maximum atomic E-state index is 13.5. The standard InChI is InChI=1S/C27H33ClN6O4/c1-17-20(28)3-2-4-21(17)30-5-7-31(8-6-30)23(36)15-34-22-14-18-13-19(18)25(22)26(29-34)27(38)33-11-9-32(10-12-33)24(37)16-35/h2-4,18-19,35H,5-16H2,1H3/t18-,19-/m1/s1. The number of aromatic nitrogens is 2. The van der Waals surface area contributed by atoms with Crippen molar-refractivity contribution in [1.82, 2.24) is 24.5 Å². The molecule has 2 atom stereocenters. The molecule has 202 valence electrons. The number of hydrogen-bond acceptors (Lipinski definition) is 6. The molecule has 1 aromatic carbocycles. The molecular formula is C27H33ClN6O4. The molecule has 3 fully saturated rings. The normalized spacial score (nSPS) is 22.4. The van der Waals surface area contributed by atoms with Gasteiger partial charge in [0.15, 0.2) is 5.69 Å². The number of halogens is 1. The molecule has 0 radical (unpaired) electrons. The number of carbonyl (C=O) groups is 3. The Hall–Kier alpha value is -3.11. The Morgan fingerprint density at radius 3 is 2.34 bits per heavy atom. The third-order valence-corrected chi connectivity index (χ3v) is 9.01. The molecule has 11 heteroatoms. The second-order valence-electron chi connectivity index (χ2n) is 10.8. The molecule has 2 aliphatic carbocycles. The Labute approximate surface area is 226 Å². The van der Waals surface area contributed by atoms with Crippen LogP contribution in [0.5, 0.6) is 0 Å². The van der Waals surface area contributed by atoms with Gasteiger partial charge >= 0.3 is 0 Å². The molecule has 38 heavy (non-hydrogen) atoms. The van der Waals surface area contributed by atoms with E-state index < -0.39 is 6.61 Å². The first kappa shape index (κ1) is 25.2. The molecule has 10 nitrogen and oxygen atoms in total. The van der Waals surface area contributed by atoms with E-state index in [4.69, 9.17) is 21.8 Å². The van der Waals surface area contributed by atoms with Gasteiger partial charge in [-0.15, -0.1) is 0 Å². The highest BCUT2D eigenvalue weighted by Gasteiger charge is 2.50. The van der Waals surface area contributed by atoms with Crippen LogP contribution in [0.2, 0.25) is 5.02 Å². The van der Waals surface area contributed by atoms with E-state index in [0.29, 0.717) is 56.8 Å². The van der Waals surface area contributed by atoms with Crippen molar-refractivity contribution in [1.29, 1.82) is 0 Å². The molecule has 6 rings (SSSR count).